The number of carboxylic acids is 1. The molecule has 2 fully saturated rings. The molecule has 11 nitrogen and oxygen atoms in total. The minimum absolute atomic E-state index is 0.113. The van der Waals surface area contributed by atoms with Gasteiger partial charge in [0.05, 0.1) is 31.7 Å². The zero-order valence-electron chi connectivity index (χ0n) is 23.5. The lowest BCUT2D eigenvalue weighted by Crippen LogP contribution is -2.49. The van der Waals surface area contributed by atoms with Crippen LogP contribution in [0, 0.1) is 17.8 Å². The Hall–Kier alpha value is -4.15. The molecule has 218 valence electrons. The Morgan fingerprint density at radius 3 is 2.66 bits per heavy atom. The van der Waals surface area contributed by atoms with Crippen molar-refractivity contribution in [1.29, 1.82) is 0 Å². The Morgan fingerprint density at radius 1 is 1.10 bits per heavy atom. The SMILES string of the molecule is COc1cccc(-c2cc(OC3CC4C(=O)NC5(C(=O)O)CC5/C=C/CCCCN(C)C(=O)C4C3)nc(OC)n2)c1. The van der Waals surface area contributed by atoms with E-state index in [0.29, 0.717) is 30.8 Å². The molecule has 2 amide bonds. The Labute approximate surface area is 238 Å². The van der Waals surface area contributed by atoms with Gasteiger partial charge >= 0.3 is 12.0 Å². The molecular formula is C30H36N4O7. The van der Waals surface area contributed by atoms with Gasteiger partial charge < -0.3 is 29.5 Å². The highest BCUT2D eigenvalue weighted by molar-refractivity contribution is 5.94. The van der Waals surface area contributed by atoms with Crippen molar-refractivity contribution in [2.75, 3.05) is 27.8 Å². The Balaban J connectivity index is 1.40. The molecule has 5 unspecified atom stereocenters. The van der Waals surface area contributed by atoms with E-state index >= 15 is 0 Å². The minimum atomic E-state index is -1.33. The van der Waals surface area contributed by atoms with Crippen LogP contribution >= 0.6 is 0 Å². The molecule has 2 saturated carbocycles. The van der Waals surface area contributed by atoms with Crippen molar-refractivity contribution in [3.8, 4) is 28.9 Å². The average Bonchev–Trinajstić information content (AvgIpc) is 3.51. The van der Waals surface area contributed by atoms with Crippen molar-refractivity contribution in [1.82, 2.24) is 20.2 Å². The van der Waals surface area contributed by atoms with Gasteiger partial charge in [-0.15, -0.1) is 0 Å². The summed E-state index contributed by atoms with van der Waals surface area (Å²) in [6.45, 7) is 0.582. The second-order valence-electron chi connectivity index (χ2n) is 11.0. The van der Waals surface area contributed by atoms with Gasteiger partial charge in [-0.25, -0.2) is 4.79 Å². The molecule has 1 aromatic heterocycles. The number of hydrogen-bond donors (Lipinski definition) is 2. The monoisotopic (exact) mass is 564 g/mol. The molecule has 41 heavy (non-hydrogen) atoms. The summed E-state index contributed by atoms with van der Waals surface area (Å²) in [6, 6.07) is 9.19. The van der Waals surface area contributed by atoms with Crippen LogP contribution in [-0.4, -0.2) is 77.2 Å². The zero-order valence-corrected chi connectivity index (χ0v) is 23.5. The van der Waals surface area contributed by atoms with Crippen molar-refractivity contribution >= 4 is 17.8 Å². The molecule has 0 saturated heterocycles. The predicted octanol–water partition coefficient (Wildman–Crippen LogP) is 3.09. The summed E-state index contributed by atoms with van der Waals surface area (Å²) in [5, 5.41) is 12.8. The van der Waals surface area contributed by atoms with Crippen molar-refractivity contribution in [2.24, 2.45) is 17.8 Å². The van der Waals surface area contributed by atoms with E-state index in [1.165, 1.54) is 7.11 Å². The first-order valence-corrected chi connectivity index (χ1v) is 13.9. The van der Waals surface area contributed by atoms with E-state index in [-0.39, 0.29) is 30.1 Å². The van der Waals surface area contributed by atoms with Gasteiger partial charge in [0.25, 0.3) is 0 Å². The number of rotatable bonds is 6. The molecule has 0 bridgehead atoms. The molecule has 0 spiro atoms. The van der Waals surface area contributed by atoms with Crippen molar-refractivity contribution in [3.63, 3.8) is 0 Å². The van der Waals surface area contributed by atoms with Gasteiger partial charge in [0, 0.05) is 31.1 Å². The largest absolute Gasteiger partial charge is 0.497 e. The van der Waals surface area contributed by atoms with Crippen molar-refractivity contribution in [3.05, 3.63) is 42.5 Å². The highest BCUT2D eigenvalue weighted by Gasteiger charge is 2.61. The standard InChI is InChI=1S/C30H36N4O7/c1-34-12-7-5-4-6-10-19-17-30(19,28(37)38)33-26(35)22-14-21(15-23(22)27(34)36)41-25-16-24(31-29(32-25)40-3)18-9-8-11-20(13-18)39-2/h6,8-11,13,16,19,21-23H,4-5,7,12,14-15,17H2,1-3H3,(H,33,35)(H,37,38)/b10-6+. The van der Waals surface area contributed by atoms with Gasteiger partial charge in [0.2, 0.25) is 17.7 Å². The number of ether oxygens (including phenoxy) is 3. The topological polar surface area (TPSA) is 140 Å². The van der Waals surface area contributed by atoms with Gasteiger partial charge in [-0.3, -0.25) is 9.59 Å². The number of carbonyl (C=O) groups is 3. The first-order chi connectivity index (χ1) is 19.7. The number of aliphatic carboxylic acids is 1. The van der Waals surface area contributed by atoms with E-state index in [9.17, 15) is 19.5 Å². The zero-order chi connectivity index (χ0) is 29.1. The molecule has 2 N–H and O–H groups in total. The predicted molar refractivity (Wildman–Crippen MR) is 148 cm³/mol. The normalized spacial score (nSPS) is 28.9. The second kappa shape index (κ2) is 11.8. The molecule has 11 heteroatoms. The smallest absolute Gasteiger partial charge is 0.330 e. The molecule has 3 aliphatic rings. The molecule has 1 aromatic carbocycles. The number of nitrogens with zero attached hydrogens (tertiary/aromatic N) is 3. The van der Waals surface area contributed by atoms with Gasteiger partial charge in [-0.05, 0) is 50.7 Å². The van der Waals surface area contributed by atoms with Crippen LogP contribution < -0.4 is 19.5 Å². The molecule has 5 atom stereocenters. The third-order valence-electron chi connectivity index (χ3n) is 8.29. The molecule has 2 aliphatic carbocycles. The lowest BCUT2D eigenvalue weighted by molar-refractivity contribution is -0.145. The molecule has 0 radical (unpaired) electrons. The minimum Gasteiger partial charge on any atom is -0.497 e. The fourth-order valence-electron chi connectivity index (χ4n) is 5.85. The lowest BCUT2D eigenvalue weighted by Gasteiger charge is -2.26. The summed E-state index contributed by atoms with van der Waals surface area (Å²) < 4.78 is 16.9. The number of carbonyl (C=O) groups excluding carboxylic acids is 2. The van der Waals surface area contributed by atoms with E-state index in [1.807, 2.05) is 36.4 Å². The van der Waals surface area contributed by atoms with Crippen LogP contribution in [0.4, 0.5) is 0 Å². The Kier molecular flexibility index (Phi) is 8.14. The molecule has 2 aromatic rings. The van der Waals surface area contributed by atoms with E-state index in [0.717, 1.165) is 24.8 Å². The van der Waals surface area contributed by atoms with Crippen LogP contribution in [0.25, 0.3) is 11.3 Å². The van der Waals surface area contributed by atoms with Crippen LogP contribution in [0.15, 0.2) is 42.5 Å². The summed E-state index contributed by atoms with van der Waals surface area (Å²) in [5.74, 6) is -2.36. The van der Waals surface area contributed by atoms with Crippen LogP contribution in [0.2, 0.25) is 0 Å². The van der Waals surface area contributed by atoms with E-state index in [1.54, 1.807) is 25.1 Å². The van der Waals surface area contributed by atoms with Gasteiger partial charge in [0.15, 0.2) is 0 Å². The quantitative estimate of drug-likeness (QED) is 0.507. The van der Waals surface area contributed by atoms with Crippen LogP contribution in [-0.2, 0) is 14.4 Å². The number of amides is 2. The fraction of sp³-hybridized carbons (Fsp3) is 0.500. The number of benzene rings is 1. The summed E-state index contributed by atoms with van der Waals surface area (Å²) in [6.07, 6.45) is 6.75. The number of hydrogen-bond acceptors (Lipinski definition) is 8. The van der Waals surface area contributed by atoms with Crippen LogP contribution in [0.5, 0.6) is 17.6 Å². The Morgan fingerprint density at radius 2 is 1.90 bits per heavy atom. The Bertz CT molecular complexity index is 1350. The van der Waals surface area contributed by atoms with Crippen molar-refractivity contribution in [2.45, 2.75) is 50.2 Å². The molecule has 1 aliphatic heterocycles. The van der Waals surface area contributed by atoms with Crippen LogP contribution in [0.3, 0.4) is 0 Å². The molecular weight excluding hydrogens is 528 g/mol. The molecule has 2 heterocycles. The number of allylic oxidation sites excluding steroid dienone is 1. The number of methoxy groups -OCH3 is 2. The first-order valence-electron chi connectivity index (χ1n) is 13.9. The summed E-state index contributed by atoms with van der Waals surface area (Å²) in [4.78, 5) is 49.8. The average molecular weight is 565 g/mol. The number of aromatic nitrogens is 2. The maximum atomic E-state index is 13.6. The number of fused-ring (bicyclic) bond motifs is 2. The summed E-state index contributed by atoms with van der Waals surface area (Å²) in [5.41, 5.74) is 0.00621. The second-order valence-corrected chi connectivity index (χ2v) is 11.0. The fourth-order valence-corrected chi connectivity index (χ4v) is 5.85. The molecule has 5 rings (SSSR count). The maximum absolute atomic E-state index is 13.6. The number of nitrogens with one attached hydrogen (secondary N) is 1. The lowest BCUT2D eigenvalue weighted by atomic mass is 9.93. The van der Waals surface area contributed by atoms with Gasteiger partial charge in [-0.1, -0.05) is 24.3 Å². The summed E-state index contributed by atoms with van der Waals surface area (Å²) >= 11 is 0. The first kappa shape index (κ1) is 28.4. The van der Waals surface area contributed by atoms with E-state index < -0.39 is 35.4 Å². The number of carboxylic acid groups (broad SMARTS) is 1. The third-order valence-corrected chi connectivity index (χ3v) is 8.29. The summed E-state index contributed by atoms with van der Waals surface area (Å²) in [7, 11) is 4.80. The highest BCUT2D eigenvalue weighted by Crippen LogP contribution is 2.46. The van der Waals surface area contributed by atoms with E-state index in [2.05, 4.69) is 15.3 Å². The van der Waals surface area contributed by atoms with E-state index in [4.69, 9.17) is 14.2 Å². The van der Waals surface area contributed by atoms with Gasteiger partial charge in [-0.2, -0.15) is 9.97 Å². The van der Waals surface area contributed by atoms with Crippen molar-refractivity contribution < 1.29 is 33.7 Å². The van der Waals surface area contributed by atoms with Crippen LogP contribution in [0.1, 0.15) is 38.5 Å². The third kappa shape index (κ3) is 5.98. The van der Waals surface area contributed by atoms with Gasteiger partial charge in [0.1, 0.15) is 17.4 Å². The maximum Gasteiger partial charge on any atom is 0.330 e. The highest BCUT2D eigenvalue weighted by atomic mass is 16.5.